The molecule has 2 heterocycles. The fourth-order valence-corrected chi connectivity index (χ4v) is 5.14. The summed E-state index contributed by atoms with van der Waals surface area (Å²) < 4.78 is 28.7. The lowest BCUT2D eigenvalue weighted by Crippen LogP contribution is -2.36. The van der Waals surface area contributed by atoms with Crippen molar-refractivity contribution in [2.24, 2.45) is 7.05 Å². The quantitative estimate of drug-likeness (QED) is 0.802. The molecular formula is C12H14BrN5O2S. The summed E-state index contributed by atoms with van der Waals surface area (Å²) in [7, 11) is -2.19. The van der Waals surface area contributed by atoms with Crippen LogP contribution in [0.1, 0.15) is 12.0 Å². The normalized spacial score (nSPS) is 15.0. The molecule has 0 bridgehead atoms. The van der Waals surface area contributed by atoms with Crippen LogP contribution in [0.3, 0.4) is 0 Å². The molecule has 0 saturated carbocycles. The first-order valence-corrected chi connectivity index (χ1v) is 8.61. The Hall–Kier alpha value is -1.61. The van der Waals surface area contributed by atoms with Crippen LogP contribution in [0.4, 0.5) is 11.4 Å². The Morgan fingerprint density at radius 1 is 1.38 bits per heavy atom. The lowest BCUT2D eigenvalue weighted by Gasteiger charge is -2.30. The van der Waals surface area contributed by atoms with Gasteiger partial charge in [-0.3, -0.25) is 4.31 Å². The maximum absolute atomic E-state index is 12.9. The van der Waals surface area contributed by atoms with Crippen LogP contribution in [0.15, 0.2) is 27.8 Å². The van der Waals surface area contributed by atoms with Gasteiger partial charge in [0.25, 0.3) is 10.0 Å². The van der Waals surface area contributed by atoms with E-state index in [1.807, 2.05) is 0 Å². The highest BCUT2D eigenvalue weighted by atomic mass is 79.9. The molecule has 0 amide bonds. The maximum Gasteiger partial charge on any atom is 0.284 e. The molecule has 1 aromatic carbocycles. The van der Waals surface area contributed by atoms with Crippen LogP contribution < -0.4 is 10.0 Å². The predicted octanol–water partition coefficient (Wildman–Crippen LogP) is 1.30. The molecule has 1 aliphatic rings. The Kier molecular flexibility index (Phi) is 3.40. The zero-order valence-electron chi connectivity index (χ0n) is 11.3. The molecule has 0 spiro atoms. The van der Waals surface area contributed by atoms with Gasteiger partial charge < -0.3 is 5.73 Å². The zero-order valence-corrected chi connectivity index (χ0v) is 13.7. The van der Waals surface area contributed by atoms with Gasteiger partial charge in [0.05, 0.1) is 5.69 Å². The van der Waals surface area contributed by atoms with Crippen molar-refractivity contribution in [2.45, 2.75) is 17.9 Å². The fraction of sp³-hybridized carbons (Fsp3) is 0.333. The summed E-state index contributed by atoms with van der Waals surface area (Å²) in [5.41, 5.74) is 8.09. The molecule has 0 fully saturated rings. The molecule has 2 aromatic rings. The maximum atomic E-state index is 12.9. The third kappa shape index (κ3) is 2.20. The Bertz CT molecular complexity index is 782. The summed E-state index contributed by atoms with van der Waals surface area (Å²) in [5, 5.41) is 7.53. The summed E-state index contributed by atoms with van der Waals surface area (Å²) in [5.74, 6) is 0. The average Bonchev–Trinajstić information content (AvgIpc) is 2.78. The molecule has 9 heteroatoms. The number of benzene rings is 1. The van der Waals surface area contributed by atoms with Crippen molar-refractivity contribution >= 4 is 37.3 Å². The Morgan fingerprint density at radius 3 is 2.81 bits per heavy atom. The van der Waals surface area contributed by atoms with Crippen LogP contribution in [0.5, 0.6) is 0 Å². The standard InChI is InChI=1S/C12H14BrN5O2S/c1-17-12(11(13)15-16-17)21(19,20)18-7-3-4-8-9(14)5-2-6-10(8)18/h2,5-6H,3-4,7,14H2,1H3. The molecule has 1 aromatic heterocycles. The van der Waals surface area contributed by atoms with Crippen molar-refractivity contribution in [3.05, 3.63) is 28.4 Å². The zero-order chi connectivity index (χ0) is 15.2. The van der Waals surface area contributed by atoms with E-state index in [4.69, 9.17) is 5.73 Å². The van der Waals surface area contributed by atoms with E-state index in [1.165, 1.54) is 8.99 Å². The lowest BCUT2D eigenvalue weighted by molar-refractivity contribution is 0.565. The minimum atomic E-state index is -3.74. The molecule has 2 N–H and O–H groups in total. The van der Waals surface area contributed by atoms with E-state index < -0.39 is 10.0 Å². The van der Waals surface area contributed by atoms with Gasteiger partial charge in [-0.2, -0.15) is 8.42 Å². The van der Waals surface area contributed by atoms with E-state index in [2.05, 4.69) is 26.2 Å². The van der Waals surface area contributed by atoms with Crippen LogP contribution in [-0.4, -0.2) is 30.0 Å². The van der Waals surface area contributed by atoms with Crippen LogP contribution in [0.2, 0.25) is 0 Å². The average molecular weight is 372 g/mol. The van der Waals surface area contributed by atoms with Gasteiger partial charge in [0.2, 0.25) is 5.03 Å². The van der Waals surface area contributed by atoms with Crippen LogP contribution in [0.25, 0.3) is 0 Å². The van der Waals surface area contributed by atoms with Crippen molar-refractivity contribution < 1.29 is 8.42 Å². The highest BCUT2D eigenvalue weighted by molar-refractivity contribution is 9.10. The second-order valence-corrected chi connectivity index (χ2v) is 7.36. The van der Waals surface area contributed by atoms with Gasteiger partial charge in [-0.1, -0.05) is 11.3 Å². The number of fused-ring (bicyclic) bond motifs is 1. The number of anilines is 2. The van der Waals surface area contributed by atoms with E-state index in [0.717, 1.165) is 18.4 Å². The van der Waals surface area contributed by atoms with Gasteiger partial charge in [-0.15, -0.1) is 5.10 Å². The number of halogens is 1. The number of nitrogens with zero attached hydrogens (tertiary/aromatic N) is 4. The molecule has 0 radical (unpaired) electrons. The van der Waals surface area contributed by atoms with E-state index in [0.29, 0.717) is 17.9 Å². The second-order valence-electron chi connectivity index (χ2n) is 4.83. The summed E-state index contributed by atoms with van der Waals surface area (Å²) in [4.78, 5) is 0. The first-order chi connectivity index (χ1) is 9.93. The third-order valence-corrected chi connectivity index (χ3v) is 6.22. The van der Waals surface area contributed by atoms with Crippen LogP contribution >= 0.6 is 15.9 Å². The largest absolute Gasteiger partial charge is 0.398 e. The number of sulfonamides is 1. The second kappa shape index (κ2) is 4.99. The molecule has 7 nitrogen and oxygen atoms in total. The minimum absolute atomic E-state index is 0.0396. The number of aryl methyl sites for hydroxylation is 1. The lowest BCUT2D eigenvalue weighted by atomic mass is 10.0. The van der Waals surface area contributed by atoms with Crippen LogP contribution in [0, 0.1) is 0 Å². The van der Waals surface area contributed by atoms with Crippen LogP contribution in [-0.2, 0) is 23.5 Å². The fourth-order valence-electron chi connectivity index (χ4n) is 2.57. The topological polar surface area (TPSA) is 94.1 Å². The third-order valence-electron chi connectivity index (χ3n) is 3.52. The van der Waals surface area contributed by atoms with Gasteiger partial charge in [0.1, 0.15) is 0 Å². The minimum Gasteiger partial charge on any atom is -0.398 e. The number of nitrogens with two attached hydrogens (primary N) is 1. The summed E-state index contributed by atoms with van der Waals surface area (Å²) in [6.07, 6.45) is 1.50. The smallest absolute Gasteiger partial charge is 0.284 e. The first-order valence-electron chi connectivity index (χ1n) is 6.38. The molecule has 0 unspecified atom stereocenters. The molecule has 112 valence electrons. The van der Waals surface area contributed by atoms with Gasteiger partial charge >= 0.3 is 0 Å². The van der Waals surface area contributed by atoms with E-state index in [1.54, 1.807) is 25.2 Å². The van der Waals surface area contributed by atoms with Crippen molar-refractivity contribution in [3.8, 4) is 0 Å². The molecule has 0 aliphatic carbocycles. The number of hydrogen-bond donors (Lipinski definition) is 1. The summed E-state index contributed by atoms with van der Waals surface area (Å²) >= 11 is 3.15. The predicted molar refractivity (Wildman–Crippen MR) is 82.4 cm³/mol. The number of nitrogen functional groups attached to an aromatic ring is 1. The van der Waals surface area contributed by atoms with E-state index >= 15 is 0 Å². The SMILES string of the molecule is Cn1nnc(Br)c1S(=O)(=O)N1CCCc2c(N)cccc21. The van der Waals surface area contributed by atoms with Crippen molar-refractivity contribution in [3.63, 3.8) is 0 Å². The Morgan fingerprint density at radius 2 is 2.14 bits per heavy atom. The van der Waals surface area contributed by atoms with E-state index in [-0.39, 0.29) is 9.63 Å². The number of aromatic nitrogens is 3. The Labute approximate surface area is 130 Å². The monoisotopic (exact) mass is 371 g/mol. The van der Waals surface area contributed by atoms with Crippen molar-refractivity contribution in [1.82, 2.24) is 15.0 Å². The molecule has 21 heavy (non-hydrogen) atoms. The molecule has 1 aliphatic heterocycles. The highest BCUT2D eigenvalue weighted by Gasteiger charge is 2.34. The van der Waals surface area contributed by atoms with E-state index in [9.17, 15) is 8.42 Å². The van der Waals surface area contributed by atoms with Gasteiger partial charge in [0.15, 0.2) is 4.60 Å². The van der Waals surface area contributed by atoms with Gasteiger partial charge in [-0.25, -0.2) is 4.68 Å². The molecule has 3 rings (SSSR count). The first kappa shape index (κ1) is 14.3. The van der Waals surface area contributed by atoms with Crippen molar-refractivity contribution in [2.75, 3.05) is 16.6 Å². The molecule has 0 atom stereocenters. The van der Waals surface area contributed by atoms with Gasteiger partial charge in [-0.05, 0) is 46.5 Å². The van der Waals surface area contributed by atoms with Gasteiger partial charge in [0, 0.05) is 19.3 Å². The Balaban J connectivity index is 2.17. The number of hydrogen-bond acceptors (Lipinski definition) is 5. The van der Waals surface area contributed by atoms with Crippen molar-refractivity contribution in [1.29, 1.82) is 0 Å². The molecular weight excluding hydrogens is 358 g/mol. The summed E-state index contributed by atoms with van der Waals surface area (Å²) in [6, 6.07) is 5.33. The summed E-state index contributed by atoms with van der Waals surface area (Å²) in [6.45, 7) is 0.413. The molecule has 0 saturated heterocycles. The number of rotatable bonds is 2. The highest BCUT2D eigenvalue weighted by Crippen LogP contribution is 2.35.